The van der Waals surface area contributed by atoms with Gasteiger partial charge in [-0.3, -0.25) is 19.2 Å². The van der Waals surface area contributed by atoms with Gasteiger partial charge in [-0.05, 0) is 38.1 Å². The summed E-state index contributed by atoms with van der Waals surface area (Å²) in [5, 5.41) is 0. The van der Waals surface area contributed by atoms with E-state index in [1.54, 1.807) is 20.8 Å². The van der Waals surface area contributed by atoms with Gasteiger partial charge in [-0.15, -0.1) is 0 Å². The Labute approximate surface area is 223 Å². The van der Waals surface area contributed by atoms with Crippen molar-refractivity contribution in [2.45, 2.75) is 60.3 Å². The van der Waals surface area contributed by atoms with E-state index >= 15 is 0 Å². The lowest BCUT2D eigenvalue weighted by Crippen LogP contribution is -2.14. The van der Waals surface area contributed by atoms with Gasteiger partial charge in [-0.2, -0.15) is 26.3 Å². The number of rotatable bonds is 7. The summed E-state index contributed by atoms with van der Waals surface area (Å²) in [6.45, 7) is 10.4. The molecule has 0 aromatic heterocycles. The molecule has 5 nitrogen and oxygen atoms in total. The maximum absolute atomic E-state index is 12.4. The van der Waals surface area contributed by atoms with Gasteiger partial charge < -0.3 is 4.74 Å². The van der Waals surface area contributed by atoms with Crippen LogP contribution in [0, 0.1) is 11.8 Å². The van der Waals surface area contributed by atoms with E-state index in [1.165, 1.54) is 25.1 Å². The molecule has 0 spiro atoms. The van der Waals surface area contributed by atoms with Gasteiger partial charge in [0.2, 0.25) is 0 Å². The summed E-state index contributed by atoms with van der Waals surface area (Å²) in [5.74, 6) is -1.65. The second-order valence-corrected chi connectivity index (χ2v) is 8.84. The number of benzene rings is 2. The van der Waals surface area contributed by atoms with E-state index in [0.29, 0.717) is 6.61 Å². The highest BCUT2D eigenvalue weighted by Crippen LogP contribution is 2.30. The summed E-state index contributed by atoms with van der Waals surface area (Å²) in [6, 6.07) is 8.48. The highest BCUT2D eigenvalue weighted by Gasteiger charge is 2.31. The fraction of sp³-hybridized carbons (Fsp3) is 0.429. The predicted octanol–water partition coefficient (Wildman–Crippen LogP) is 7.62. The van der Waals surface area contributed by atoms with Crippen molar-refractivity contribution < 1.29 is 50.3 Å². The second-order valence-electron chi connectivity index (χ2n) is 8.84. The number of carbonyl (C=O) groups excluding carboxylic acids is 4. The van der Waals surface area contributed by atoms with Gasteiger partial charge in [0.25, 0.3) is 0 Å². The Morgan fingerprint density at radius 2 is 1.18 bits per heavy atom. The van der Waals surface area contributed by atoms with E-state index in [1.807, 2.05) is 13.8 Å². The Balaban J connectivity index is 0.000000602. The lowest BCUT2D eigenvalue weighted by Gasteiger charge is -2.08. The molecule has 0 saturated heterocycles. The average Bonchev–Trinajstić information content (AvgIpc) is 2.84. The zero-order valence-corrected chi connectivity index (χ0v) is 22.5. The molecule has 0 fully saturated rings. The quantitative estimate of drug-likeness (QED) is 0.150. The minimum absolute atomic E-state index is 0.00921. The molecule has 216 valence electrons. The molecule has 0 aliphatic heterocycles. The molecule has 2 aromatic rings. The number of hydrogen-bond donors (Lipinski definition) is 0. The molecule has 2 aromatic carbocycles. The molecule has 0 N–H and O–H groups in total. The molecule has 0 aliphatic rings. The Hall–Kier alpha value is -3.50. The summed E-state index contributed by atoms with van der Waals surface area (Å²) >= 11 is 0. The minimum atomic E-state index is -4.49. The third kappa shape index (κ3) is 13.7. The molecule has 0 amide bonds. The van der Waals surface area contributed by atoms with Crippen LogP contribution in [0.3, 0.4) is 0 Å². The molecule has 0 unspecified atom stereocenters. The number of esters is 1. The number of Topliss-reactive ketones (excluding diaryl/α,β-unsaturated/α-hetero) is 3. The first-order valence-corrected chi connectivity index (χ1v) is 11.9. The number of carbonyl (C=O) groups is 4. The fourth-order valence-electron chi connectivity index (χ4n) is 2.56. The highest BCUT2D eigenvalue weighted by atomic mass is 19.4. The SMILES string of the molecule is CC(=O)c1cccc(C(F)(F)F)c1.CC(C)C(=O)CC(=O)c1cccc(C(F)(F)F)c1.CCOC(=O)C(C)C. The zero-order valence-electron chi connectivity index (χ0n) is 22.5. The first-order chi connectivity index (χ1) is 17.8. The number of ether oxygens (including phenoxy) is 1. The third-order valence-electron chi connectivity index (χ3n) is 4.85. The number of alkyl halides is 6. The van der Waals surface area contributed by atoms with E-state index < -0.39 is 29.3 Å². The van der Waals surface area contributed by atoms with E-state index in [-0.39, 0.29) is 46.9 Å². The minimum Gasteiger partial charge on any atom is -0.466 e. The van der Waals surface area contributed by atoms with Crippen molar-refractivity contribution in [3.63, 3.8) is 0 Å². The summed E-state index contributed by atoms with van der Waals surface area (Å²) < 4.78 is 78.4. The third-order valence-corrected chi connectivity index (χ3v) is 4.85. The van der Waals surface area contributed by atoms with Gasteiger partial charge in [0.1, 0.15) is 5.78 Å². The predicted molar refractivity (Wildman–Crippen MR) is 133 cm³/mol. The molecule has 0 bridgehead atoms. The van der Waals surface area contributed by atoms with E-state index in [4.69, 9.17) is 0 Å². The van der Waals surface area contributed by atoms with E-state index in [2.05, 4.69) is 4.74 Å². The van der Waals surface area contributed by atoms with Gasteiger partial charge in [-0.25, -0.2) is 0 Å². The topological polar surface area (TPSA) is 77.5 Å². The molecule has 11 heteroatoms. The molecule has 39 heavy (non-hydrogen) atoms. The first kappa shape index (κ1) is 35.5. The van der Waals surface area contributed by atoms with E-state index in [0.717, 1.165) is 30.3 Å². The number of hydrogen-bond acceptors (Lipinski definition) is 5. The first-order valence-electron chi connectivity index (χ1n) is 11.9. The number of halogens is 6. The Morgan fingerprint density at radius 3 is 1.51 bits per heavy atom. The fourth-order valence-corrected chi connectivity index (χ4v) is 2.56. The zero-order chi connectivity index (χ0) is 30.6. The molecule has 0 aliphatic carbocycles. The van der Waals surface area contributed by atoms with Crippen LogP contribution >= 0.6 is 0 Å². The monoisotopic (exact) mass is 562 g/mol. The standard InChI is InChI=1S/C13H13F3O2.C9H7F3O.C6H12O2/c1-8(2)11(17)7-12(18)9-4-3-5-10(6-9)13(14,15)16;1-6(13)7-3-2-4-8(5-7)9(10,11)12;1-4-8-6(7)5(2)3/h3-6,8H,7H2,1-2H3;2-5H,1H3;5H,4H2,1-3H3. The van der Waals surface area contributed by atoms with Crippen LogP contribution in [0.4, 0.5) is 26.3 Å². The van der Waals surface area contributed by atoms with Crippen LogP contribution in [0.5, 0.6) is 0 Å². The maximum Gasteiger partial charge on any atom is 0.416 e. The van der Waals surface area contributed by atoms with Crippen LogP contribution in [-0.2, 0) is 26.7 Å². The molecule has 0 saturated carbocycles. The molecule has 2 rings (SSSR count). The van der Waals surface area contributed by atoms with Crippen LogP contribution in [0.1, 0.15) is 79.8 Å². The van der Waals surface area contributed by atoms with Crippen LogP contribution < -0.4 is 0 Å². The molecular formula is C28H32F6O5. The lowest BCUT2D eigenvalue weighted by molar-refractivity contribution is -0.146. The van der Waals surface area contributed by atoms with Crippen molar-refractivity contribution in [2.75, 3.05) is 6.61 Å². The molecular weight excluding hydrogens is 530 g/mol. The van der Waals surface area contributed by atoms with Gasteiger partial charge in [-0.1, -0.05) is 52.0 Å². The summed E-state index contributed by atoms with van der Waals surface area (Å²) in [5.41, 5.74) is -1.68. The Bertz CT molecular complexity index is 1120. The second kappa shape index (κ2) is 15.8. The van der Waals surface area contributed by atoms with Crippen molar-refractivity contribution in [1.82, 2.24) is 0 Å². The van der Waals surface area contributed by atoms with Crippen LogP contribution in [0.2, 0.25) is 0 Å². The van der Waals surface area contributed by atoms with Crippen molar-refractivity contribution >= 4 is 23.3 Å². The Kier molecular flexibility index (Phi) is 14.4. The summed E-state index contributed by atoms with van der Waals surface area (Å²) in [4.78, 5) is 44.3. The Morgan fingerprint density at radius 1 is 0.744 bits per heavy atom. The lowest BCUT2D eigenvalue weighted by atomic mass is 9.99. The summed E-state index contributed by atoms with van der Waals surface area (Å²) in [6.07, 6.45) is -9.23. The van der Waals surface area contributed by atoms with Gasteiger partial charge in [0.05, 0.1) is 30.1 Å². The molecule has 0 radical (unpaired) electrons. The van der Waals surface area contributed by atoms with Crippen molar-refractivity contribution in [3.8, 4) is 0 Å². The van der Waals surface area contributed by atoms with Gasteiger partial charge in [0, 0.05) is 17.0 Å². The number of ketones is 3. The average molecular weight is 563 g/mol. The summed E-state index contributed by atoms with van der Waals surface area (Å²) in [7, 11) is 0. The maximum atomic E-state index is 12.4. The van der Waals surface area contributed by atoms with E-state index in [9.17, 15) is 45.5 Å². The van der Waals surface area contributed by atoms with Crippen LogP contribution in [-0.4, -0.2) is 29.9 Å². The highest BCUT2D eigenvalue weighted by molar-refractivity contribution is 6.08. The molecule has 0 atom stereocenters. The van der Waals surface area contributed by atoms with Crippen LogP contribution in [0.25, 0.3) is 0 Å². The molecule has 0 heterocycles. The van der Waals surface area contributed by atoms with Gasteiger partial charge in [0.15, 0.2) is 11.6 Å². The van der Waals surface area contributed by atoms with Crippen LogP contribution in [0.15, 0.2) is 48.5 Å². The van der Waals surface area contributed by atoms with Crippen molar-refractivity contribution in [3.05, 3.63) is 70.8 Å². The normalized spacial score (nSPS) is 11.1. The largest absolute Gasteiger partial charge is 0.466 e. The van der Waals surface area contributed by atoms with Crippen molar-refractivity contribution in [2.24, 2.45) is 11.8 Å². The smallest absolute Gasteiger partial charge is 0.416 e. The van der Waals surface area contributed by atoms with Gasteiger partial charge >= 0.3 is 18.3 Å². The van der Waals surface area contributed by atoms with Crippen molar-refractivity contribution in [1.29, 1.82) is 0 Å².